The predicted molar refractivity (Wildman–Crippen MR) is 85.5 cm³/mol. The lowest BCUT2D eigenvalue weighted by Crippen LogP contribution is -2.22. The summed E-state index contributed by atoms with van der Waals surface area (Å²) >= 11 is 17.2. The maximum absolute atomic E-state index is 6.27. The molecule has 0 amide bonds. The van der Waals surface area contributed by atoms with E-state index in [1.165, 1.54) is 11.3 Å². The minimum atomic E-state index is -0.0281. The largest absolute Gasteiger partial charge is 0.308 e. The van der Waals surface area contributed by atoms with Crippen molar-refractivity contribution in [2.45, 2.75) is 25.9 Å². The first-order valence-corrected chi connectivity index (χ1v) is 8.28. The van der Waals surface area contributed by atoms with Crippen molar-refractivity contribution in [1.82, 2.24) is 15.1 Å². The standard InChI is InChI=1S/C12H14BrCl2N3S/c1-3-4-18-11(8(13)6-17-18)10(16-2)7-5-9(14)19-12(7)15/h5-6,10,16H,3-4H2,1-2H3. The van der Waals surface area contributed by atoms with Crippen LogP contribution in [0.2, 0.25) is 8.67 Å². The van der Waals surface area contributed by atoms with E-state index in [9.17, 15) is 0 Å². The normalized spacial score (nSPS) is 12.9. The zero-order valence-corrected chi connectivity index (χ0v) is 14.5. The molecule has 0 spiro atoms. The van der Waals surface area contributed by atoms with Crippen molar-refractivity contribution in [3.05, 3.63) is 36.7 Å². The fourth-order valence-corrected chi connectivity index (χ4v) is 4.10. The molecule has 0 aliphatic heterocycles. The quantitative estimate of drug-likeness (QED) is 0.809. The molecule has 0 bridgehead atoms. The molecule has 0 fully saturated rings. The average Bonchev–Trinajstić information content (AvgIpc) is 2.87. The van der Waals surface area contributed by atoms with Gasteiger partial charge < -0.3 is 5.32 Å². The first-order chi connectivity index (χ1) is 9.08. The summed E-state index contributed by atoms with van der Waals surface area (Å²) in [6.07, 6.45) is 2.84. The number of nitrogens with one attached hydrogen (secondary N) is 1. The third kappa shape index (κ3) is 3.16. The van der Waals surface area contributed by atoms with Crippen molar-refractivity contribution in [2.24, 2.45) is 0 Å². The van der Waals surface area contributed by atoms with Gasteiger partial charge >= 0.3 is 0 Å². The first kappa shape index (κ1) is 15.3. The summed E-state index contributed by atoms with van der Waals surface area (Å²) < 4.78 is 4.37. The Balaban J connectivity index is 2.47. The third-order valence-electron chi connectivity index (χ3n) is 2.82. The first-order valence-electron chi connectivity index (χ1n) is 5.91. The van der Waals surface area contributed by atoms with E-state index in [1.54, 1.807) is 0 Å². The summed E-state index contributed by atoms with van der Waals surface area (Å²) in [5, 5.41) is 7.68. The topological polar surface area (TPSA) is 29.9 Å². The predicted octanol–water partition coefficient (Wildman–Crippen LogP) is 4.73. The Morgan fingerprint density at radius 2 is 2.26 bits per heavy atom. The van der Waals surface area contributed by atoms with Crippen LogP contribution in [0.3, 0.4) is 0 Å². The van der Waals surface area contributed by atoms with Gasteiger partial charge in [0.1, 0.15) is 0 Å². The highest BCUT2D eigenvalue weighted by atomic mass is 79.9. The Kier molecular flexibility index (Phi) is 5.31. The second-order valence-electron chi connectivity index (χ2n) is 4.10. The molecule has 2 rings (SSSR count). The number of nitrogens with zero attached hydrogens (tertiary/aromatic N) is 2. The molecule has 0 aromatic carbocycles. The molecule has 104 valence electrons. The molecule has 1 unspecified atom stereocenters. The van der Waals surface area contributed by atoms with Gasteiger partial charge in [0.05, 0.1) is 31.1 Å². The number of halogens is 3. The molecule has 2 aromatic heterocycles. The molecule has 1 atom stereocenters. The van der Waals surface area contributed by atoms with E-state index in [-0.39, 0.29) is 6.04 Å². The number of thiophene rings is 1. The van der Waals surface area contributed by atoms with Crippen LogP contribution >= 0.6 is 50.5 Å². The zero-order chi connectivity index (χ0) is 14.0. The van der Waals surface area contributed by atoms with Gasteiger partial charge in [-0.15, -0.1) is 11.3 Å². The van der Waals surface area contributed by atoms with E-state index in [4.69, 9.17) is 23.2 Å². The maximum Gasteiger partial charge on any atom is 0.0996 e. The van der Waals surface area contributed by atoms with Crippen LogP contribution in [0, 0.1) is 0 Å². The van der Waals surface area contributed by atoms with Gasteiger partial charge in [-0.1, -0.05) is 30.1 Å². The van der Waals surface area contributed by atoms with Gasteiger partial charge in [0.2, 0.25) is 0 Å². The molecular weight excluding hydrogens is 369 g/mol. The summed E-state index contributed by atoms with van der Waals surface area (Å²) in [4.78, 5) is 0. The van der Waals surface area contributed by atoms with Crippen LogP contribution < -0.4 is 5.32 Å². The minimum absolute atomic E-state index is 0.0281. The summed E-state index contributed by atoms with van der Waals surface area (Å²) in [6.45, 7) is 3.00. The monoisotopic (exact) mass is 381 g/mol. The fourth-order valence-electron chi connectivity index (χ4n) is 2.04. The summed E-state index contributed by atoms with van der Waals surface area (Å²) in [6, 6.07) is 1.88. The molecular formula is C12H14BrCl2N3S. The van der Waals surface area contributed by atoms with Crippen LogP contribution in [0.5, 0.6) is 0 Å². The Bertz CT molecular complexity index is 567. The van der Waals surface area contributed by atoms with E-state index in [0.717, 1.165) is 28.7 Å². The highest BCUT2D eigenvalue weighted by Crippen LogP contribution is 2.39. The van der Waals surface area contributed by atoms with Gasteiger partial charge in [0.25, 0.3) is 0 Å². The van der Waals surface area contributed by atoms with Crippen LogP contribution in [0.15, 0.2) is 16.7 Å². The van der Waals surface area contributed by atoms with Crippen LogP contribution in [-0.2, 0) is 6.54 Å². The molecule has 1 N–H and O–H groups in total. The number of hydrogen-bond acceptors (Lipinski definition) is 3. The highest BCUT2D eigenvalue weighted by molar-refractivity contribution is 9.10. The van der Waals surface area contributed by atoms with E-state index >= 15 is 0 Å². The van der Waals surface area contributed by atoms with E-state index in [0.29, 0.717) is 8.67 Å². The number of hydrogen-bond donors (Lipinski definition) is 1. The molecule has 0 saturated carbocycles. The van der Waals surface area contributed by atoms with Gasteiger partial charge in [-0.2, -0.15) is 5.10 Å². The summed E-state index contributed by atoms with van der Waals surface area (Å²) in [5.41, 5.74) is 2.05. The molecule has 7 heteroatoms. The van der Waals surface area contributed by atoms with E-state index in [2.05, 4.69) is 33.3 Å². The molecule has 0 radical (unpaired) electrons. The van der Waals surface area contributed by atoms with Crippen molar-refractivity contribution < 1.29 is 0 Å². The number of aromatic nitrogens is 2. The van der Waals surface area contributed by atoms with Gasteiger partial charge in [0, 0.05) is 12.1 Å². The molecule has 0 aliphatic carbocycles. The Morgan fingerprint density at radius 3 is 2.79 bits per heavy atom. The van der Waals surface area contributed by atoms with Gasteiger partial charge in [-0.05, 0) is 35.5 Å². The van der Waals surface area contributed by atoms with Crippen molar-refractivity contribution >= 4 is 50.5 Å². The van der Waals surface area contributed by atoms with Crippen molar-refractivity contribution in [3.8, 4) is 0 Å². The van der Waals surface area contributed by atoms with Crippen LogP contribution in [0.1, 0.15) is 30.6 Å². The third-order valence-corrected chi connectivity index (χ3v) is 4.95. The minimum Gasteiger partial charge on any atom is -0.308 e. The highest BCUT2D eigenvalue weighted by Gasteiger charge is 2.24. The van der Waals surface area contributed by atoms with Crippen molar-refractivity contribution in [1.29, 1.82) is 0 Å². The zero-order valence-electron chi connectivity index (χ0n) is 10.6. The average molecular weight is 383 g/mol. The smallest absolute Gasteiger partial charge is 0.0996 e. The maximum atomic E-state index is 6.27. The lowest BCUT2D eigenvalue weighted by Gasteiger charge is -2.18. The summed E-state index contributed by atoms with van der Waals surface area (Å²) in [5.74, 6) is 0. The molecule has 2 aromatic rings. The van der Waals surface area contributed by atoms with Crippen LogP contribution in [0.4, 0.5) is 0 Å². The Morgan fingerprint density at radius 1 is 1.53 bits per heavy atom. The lowest BCUT2D eigenvalue weighted by atomic mass is 10.1. The summed E-state index contributed by atoms with van der Waals surface area (Å²) in [7, 11) is 1.91. The fraction of sp³-hybridized carbons (Fsp3) is 0.417. The Hall–Kier alpha value is -0.0700. The second-order valence-corrected chi connectivity index (χ2v) is 7.24. The van der Waals surface area contributed by atoms with Crippen LogP contribution in [0.25, 0.3) is 0 Å². The Labute approximate surface area is 135 Å². The lowest BCUT2D eigenvalue weighted by molar-refractivity contribution is 0.534. The molecule has 2 heterocycles. The SMILES string of the molecule is CCCn1ncc(Br)c1C(NC)c1cc(Cl)sc1Cl. The van der Waals surface area contributed by atoms with E-state index < -0.39 is 0 Å². The molecule has 3 nitrogen and oxygen atoms in total. The van der Waals surface area contributed by atoms with Crippen molar-refractivity contribution in [2.75, 3.05) is 7.05 Å². The van der Waals surface area contributed by atoms with E-state index in [1.807, 2.05) is 24.0 Å². The van der Waals surface area contributed by atoms with Gasteiger partial charge in [0.15, 0.2) is 0 Å². The van der Waals surface area contributed by atoms with Gasteiger partial charge in [-0.3, -0.25) is 4.68 Å². The van der Waals surface area contributed by atoms with Gasteiger partial charge in [-0.25, -0.2) is 0 Å². The number of rotatable bonds is 5. The molecule has 19 heavy (non-hydrogen) atoms. The second kappa shape index (κ2) is 6.59. The van der Waals surface area contributed by atoms with Crippen LogP contribution in [-0.4, -0.2) is 16.8 Å². The van der Waals surface area contributed by atoms with Crippen molar-refractivity contribution in [3.63, 3.8) is 0 Å². The molecule has 0 saturated heterocycles. The molecule has 0 aliphatic rings. The number of aryl methyl sites for hydroxylation is 1.